The highest BCUT2D eigenvalue weighted by Crippen LogP contribution is 2.38. The number of piperidine rings is 1. The molecule has 2 unspecified atom stereocenters. The van der Waals surface area contributed by atoms with Gasteiger partial charge in [0.2, 0.25) is 0 Å². The lowest BCUT2D eigenvalue weighted by molar-refractivity contribution is -0.136. The van der Waals surface area contributed by atoms with E-state index in [-0.39, 0.29) is 12.0 Å². The second-order valence-electron chi connectivity index (χ2n) is 8.88. The molecule has 0 amide bonds. The first-order chi connectivity index (χ1) is 16.9. The van der Waals surface area contributed by atoms with E-state index in [0.29, 0.717) is 31.9 Å². The molecular formula is C27H29N3O5. The molecule has 35 heavy (non-hydrogen) atoms. The van der Waals surface area contributed by atoms with Crippen LogP contribution in [-0.4, -0.2) is 54.3 Å². The molecule has 0 aliphatic carbocycles. The highest BCUT2D eigenvalue weighted by Gasteiger charge is 2.45. The molecule has 2 atom stereocenters. The zero-order chi connectivity index (χ0) is 24.8. The Labute approximate surface area is 203 Å². The fourth-order valence-corrected chi connectivity index (χ4v) is 4.78. The molecule has 1 saturated heterocycles. The summed E-state index contributed by atoms with van der Waals surface area (Å²) in [5, 5.41) is 31.0. The van der Waals surface area contributed by atoms with Crippen molar-refractivity contribution in [2.45, 2.75) is 44.0 Å². The predicted octanol–water partition coefficient (Wildman–Crippen LogP) is 3.07. The largest absolute Gasteiger partial charge is 0.478 e. The third kappa shape index (κ3) is 5.85. The average Bonchev–Trinajstić information content (AvgIpc) is 3.33. The van der Waals surface area contributed by atoms with E-state index in [0.717, 1.165) is 23.6 Å². The van der Waals surface area contributed by atoms with E-state index in [1.165, 1.54) is 0 Å². The molecule has 3 N–H and O–H groups in total. The third-order valence-corrected chi connectivity index (χ3v) is 6.51. The predicted molar refractivity (Wildman–Crippen MR) is 129 cm³/mol. The molecule has 0 spiro atoms. The summed E-state index contributed by atoms with van der Waals surface area (Å²) in [5.74, 6) is -2.18. The summed E-state index contributed by atoms with van der Waals surface area (Å²) in [6.45, 7) is 1.43. The molecule has 8 nitrogen and oxygen atoms in total. The van der Waals surface area contributed by atoms with Crippen molar-refractivity contribution in [3.05, 3.63) is 102 Å². The van der Waals surface area contributed by atoms with Gasteiger partial charge >= 0.3 is 11.9 Å². The number of aliphatic carboxylic acids is 2. The Morgan fingerprint density at radius 2 is 1.69 bits per heavy atom. The summed E-state index contributed by atoms with van der Waals surface area (Å²) in [6, 6.07) is 18.8. The number of carboxylic acids is 2. The van der Waals surface area contributed by atoms with Gasteiger partial charge in [-0.1, -0.05) is 60.7 Å². The standard InChI is InChI=1S/C27H29N3O5/c31-24(32)17-22(25(33)34)23-18-27(35,12-15-30(23)19-21-9-5-2-6-10-21)26-28-13-16-29(26)14-11-20-7-3-1-4-8-20/h1-10,13,16-17,23,35H,11-12,14-15,18-19H2,(H,31,32)(H,33,34). The Morgan fingerprint density at radius 1 is 1.03 bits per heavy atom. The number of rotatable bonds is 9. The highest BCUT2D eigenvalue weighted by atomic mass is 16.4. The molecule has 1 aliphatic rings. The van der Waals surface area contributed by atoms with Crippen molar-refractivity contribution in [3.63, 3.8) is 0 Å². The first-order valence-corrected chi connectivity index (χ1v) is 11.6. The maximum atomic E-state index is 12.1. The van der Waals surface area contributed by atoms with Crippen LogP contribution in [0.3, 0.4) is 0 Å². The van der Waals surface area contributed by atoms with E-state index >= 15 is 0 Å². The van der Waals surface area contributed by atoms with E-state index in [1.807, 2.05) is 76.3 Å². The molecular weight excluding hydrogens is 446 g/mol. The van der Waals surface area contributed by atoms with Gasteiger partial charge in [0.15, 0.2) is 0 Å². The maximum absolute atomic E-state index is 12.1. The number of hydrogen-bond donors (Lipinski definition) is 3. The summed E-state index contributed by atoms with van der Waals surface area (Å²) in [5.41, 5.74) is 0.485. The van der Waals surface area contributed by atoms with Crippen LogP contribution < -0.4 is 0 Å². The first kappa shape index (κ1) is 24.4. The summed E-state index contributed by atoms with van der Waals surface area (Å²) in [6.07, 6.45) is 5.30. The summed E-state index contributed by atoms with van der Waals surface area (Å²) < 4.78 is 1.90. The molecule has 2 aromatic carbocycles. The Kier molecular flexibility index (Phi) is 7.43. The number of aliphatic hydroxyl groups is 1. The van der Waals surface area contributed by atoms with E-state index in [1.54, 1.807) is 6.20 Å². The van der Waals surface area contributed by atoms with Gasteiger partial charge < -0.3 is 19.9 Å². The first-order valence-electron chi connectivity index (χ1n) is 11.6. The van der Waals surface area contributed by atoms with Crippen molar-refractivity contribution in [1.82, 2.24) is 14.5 Å². The number of benzene rings is 2. The number of aromatic nitrogens is 2. The quantitative estimate of drug-likeness (QED) is 0.407. The number of aryl methyl sites for hydroxylation is 2. The van der Waals surface area contributed by atoms with E-state index in [9.17, 15) is 24.9 Å². The lowest BCUT2D eigenvalue weighted by Gasteiger charge is -2.44. The topological polar surface area (TPSA) is 116 Å². The summed E-state index contributed by atoms with van der Waals surface area (Å²) in [4.78, 5) is 29.9. The van der Waals surface area contributed by atoms with Crippen molar-refractivity contribution in [1.29, 1.82) is 0 Å². The number of nitrogens with zero attached hydrogens (tertiary/aromatic N) is 3. The van der Waals surface area contributed by atoms with Crippen LogP contribution in [0.1, 0.15) is 29.8 Å². The molecule has 0 bridgehead atoms. The monoisotopic (exact) mass is 475 g/mol. The van der Waals surface area contributed by atoms with Crippen LogP contribution in [0, 0.1) is 0 Å². The van der Waals surface area contributed by atoms with Crippen molar-refractivity contribution < 1.29 is 24.9 Å². The number of imidazole rings is 1. The second-order valence-corrected chi connectivity index (χ2v) is 8.88. The fraction of sp³-hybridized carbons (Fsp3) is 0.296. The summed E-state index contributed by atoms with van der Waals surface area (Å²) in [7, 11) is 0. The van der Waals surface area contributed by atoms with Crippen LogP contribution in [0.2, 0.25) is 0 Å². The maximum Gasteiger partial charge on any atom is 0.333 e. The smallest absolute Gasteiger partial charge is 0.333 e. The second kappa shape index (κ2) is 10.7. The molecule has 2 heterocycles. The molecule has 1 fully saturated rings. The number of hydrogen-bond acceptors (Lipinski definition) is 5. The van der Waals surface area contributed by atoms with E-state index in [2.05, 4.69) is 4.98 Å². The van der Waals surface area contributed by atoms with Gasteiger partial charge in [0.1, 0.15) is 11.4 Å². The van der Waals surface area contributed by atoms with Crippen molar-refractivity contribution in [3.8, 4) is 0 Å². The fourth-order valence-electron chi connectivity index (χ4n) is 4.78. The Hall–Kier alpha value is -3.75. The Balaban J connectivity index is 1.62. The number of carboxylic acid groups (broad SMARTS) is 2. The normalized spacial score (nSPS) is 21.1. The molecule has 0 radical (unpaired) electrons. The van der Waals surface area contributed by atoms with Gasteiger partial charge in [-0.3, -0.25) is 4.90 Å². The van der Waals surface area contributed by atoms with Gasteiger partial charge in [-0.2, -0.15) is 0 Å². The molecule has 8 heteroatoms. The van der Waals surface area contributed by atoms with Gasteiger partial charge in [-0.25, -0.2) is 14.6 Å². The van der Waals surface area contributed by atoms with Crippen molar-refractivity contribution >= 4 is 11.9 Å². The minimum atomic E-state index is -1.40. The number of likely N-dealkylation sites (tertiary alicyclic amines) is 1. The van der Waals surface area contributed by atoms with E-state index in [4.69, 9.17) is 0 Å². The minimum Gasteiger partial charge on any atom is -0.478 e. The molecule has 3 aromatic rings. The lowest BCUT2D eigenvalue weighted by Crippen LogP contribution is -2.51. The third-order valence-electron chi connectivity index (χ3n) is 6.51. The summed E-state index contributed by atoms with van der Waals surface area (Å²) >= 11 is 0. The Morgan fingerprint density at radius 3 is 2.31 bits per heavy atom. The lowest BCUT2D eigenvalue weighted by atomic mass is 9.82. The van der Waals surface area contributed by atoms with Crippen LogP contribution >= 0.6 is 0 Å². The van der Waals surface area contributed by atoms with E-state index < -0.39 is 23.6 Å². The zero-order valence-corrected chi connectivity index (χ0v) is 19.3. The van der Waals surface area contributed by atoms with Crippen molar-refractivity contribution in [2.24, 2.45) is 0 Å². The Bertz CT molecular complexity index is 1190. The van der Waals surface area contributed by atoms with Crippen LogP contribution in [0.15, 0.2) is 84.7 Å². The van der Waals surface area contributed by atoms with Crippen LogP contribution in [0.4, 0.5) is 0 Å². The number of carbonyl (C=O) groups is 2. The van der Waals surface area contributed by atoms with Gasteiger partial charge in [-0.15, -0.1) is 0 Å². The molecule has 4 rings (SSSR count). The molecule has 1 aliphatic heterocycles. The van der Waals surface area contributed by atoms with Gasteiger partial charge in [-0.05, 0) is 24.0 Å². The molecule has 0 saturated carbocycles. The SMILES string of the molecule is O=C(O)C=C(C(=O)O)C1CC(O)(c2nccn2CCc2ccccc2)CCN1Cc1ccccc1. The zero-order valence-electron chi connectivity index (χ0n) is 19.3. The minimum absolute atomic E-state index is 0.0214. The van der Waals surface area contributed by atoms with Crippen LogP contribution in [-0.2, 0) is 34.7 Å². The van der Waals surface area contributed by atoms with Gasteiger partial charge in [0.05, 0.1) is 5.57 Å². The van der Waals surface area contributed by atoms with Crippen molar-refractivity contribution in [2.75, 3.05) is 6.54 Å². The highest BCUT2D eigenvalue weighted by molar-refractivity contribution is 5.95. The molecule has 182 valence electrons. The van der Waals surface area contributed by atoms with Gasteiger partial charge in [0, 0.05) is 50.6 Å². The van der Waals surface area contributed by atoms with Crippen LogP contribution in [0.5, 0.6) is 0 Å². The molecule has 1 aromatic heterocycles. The average molecular weight is 476 g/mol. The van der Waals surface area contributed by atoms with Gasteiger partial charge in [0.25, 0.3) is 0 Å². The van der Waals surface area contributed by atoms with Crippen LogP contribution in [0.25, 0.3) is 0 Å².